The Labute approximate surface area is 197 Å². The second-order valence-corrected chi connectivity index (χ2v) is 8.47. The summed E-state index contributed by atoms with van der Waals surface area (Å²) in [5, 5.41) is 5.83. The molecule has 1 aliphatic heterocycles. The SMILES string of the molecule is COc1ccc(CCNC(=O)c2ccc3c(c2)NC(=O)/C(=C/c2ccccc2)S3)cc1OC. The first-order valence-electron chi connectivity index (χ1n) is 10.5. The summed E-state index contributed by atoms with van der Waals surface area (Å²) < 4.78 is 10.6. The van der Waals surface area contributed by atoms with Gasteiger partial charge in [0, 0.05) is 17.0 Å². The summed E-state index contributed by atoms with van der Waals surface area (Å²) in [6.45, 7) is 0.469. The van der Waals surface area contributed by atoms with Crippen LogP contribution in [0.25, 0.3) is 6.08 Å². The molecule has 2 amide bonds. The molecule has 6 nitrogen and oxygen atoms in total. The number of nitrogens with one attached hydrogen (secondary N) is 2. The molecule has 0 saturated heterocycles. The molecule has 168 valence electrons. The van der Waals surface area contributed by atoms with Gasteiger partial charge >= 0.3 is 0 Å². The van der Waals surface area contributed by atoms with E-state index in [0.29, 0.717) is 40.6 Å². The van der Waals surface area contributed by atoms with Crippen molar-refractivity contribution >= 4 is 35.3 Å². The van der Waals surface area contributed by atoms with Crippen molar-refractivity contribution in [1.82, 2.24) is 5.32 Å². The van der Waals surface area contributed by atoms with Crippen molar-refractivity contribution < 1.29 is 19.1 Å². The molecular weight excluding hydrogens is 436 g/mol. The Morgan fingerprint density at radius 2 is 1.79 bits per heavy atom. The van der Waals surface area contributed by atoms with E-state index < -0.39 is 0 Å². The van der Waals surface area contributed by atoms with Gasteiger partial charge in [0.25, 0.3) is 11.8 Å². The zero-order valence-corrected chi connectivity index (χ0v) is 19.2. The van der Waals surface area contributed by atoms with Gasteiger partial charge in [-0.05, 0) is 54.0 Å². The number of rotatable bonds is 7. The van der Waals surface area contributed by atoms with Crippen LogP contribution in [0.5, 0.6) is 11.5 Å². The molecule has 0 unspecified atom stereocenters. The molecule has 0 saturated carbocycles. The van der Waals surface area contributed by atoms with Gasteiger partial charge in [0.1, 0.15) is 0 Å². The average molecular weight is 461 g/mol. The first-order chi connectivity index (χ1) is 16.1. The molecule has 33 heavy (non-hydrogen) atoms. The number of ether oxygens (including phenoxy) is 2. The molecular formula is C26H24N2O4S. The summed E-state index contributed by atoms with van der Waals surface area (Å²) in [7, 11) is 3.19. The van der Waals surface area contributed by atoms with E-state index in [1.54, 1.807) is 26.4 Å². The second-order valence-electron chi connectivity index (χ2n) is 7.38. The molecule has 2 N–H and O–H groups in total. The number of benzene rings is 3. The lowest BCUT2D eigenvalue weighted by molar-refractivity contribution is -0.112. The third kappa shape index (κ3) is 5.38. The number of carbonyl (C=O) groups is 2. The first kappa shape index (κ1) is 22.5. The van der Waals surface area contributed by atoms with E-state index in [0.717, 1.165) is 16.0 Å². The standard InChI is InChI=1S/C26H24N2O4S/c1-31-21-10-8-18(14-22(21)32-2)12-13-27-25(29)19-9-11-23-20(16-19)28-26(30)24(33-23)15-17-6-4-3-5-7-17/h3-11,14-16H,12-13H2,1-2H3,(H,27,29)(H,28,30)/b24-15-. The van der Waals surface area contributed by atoms with Crippen molar-refractivity contribution in [1.29, 1.82) is 0 Å². The average Bonchev–Trinajstić information content (AvgIpc) is 2.84. The van der Waals surface area contributed by atoms with Crippen LogP contribution in [0.2, 0.25) is 0 Å². The fourth-order valence-electron chi connectivity index (χ4n) is 3.46. The summed E-state index contributed by atoms with van der Waals surface area (Å²) in [5.74, 6) is 0.955. The largest absolute Gasteiger partial charge is 0.493 e. The number of carbonyl (C=O) groups excluding carboxylic acids is 2. The minimum Gasteiger partial charge on any atom is -0.493 e. The maximum absolute atomic E-state index is 12.6. The van der Waals surface area contributed by atoms with Crippen molar-refractivity contribution in [3.63, 3.8) is 0 Å². The van der Waals surface area contributed by atoms with Gasteiger partial charge in [-0.3, -0.25) is 9.59 Å². The van der Waals surface area contributed by atoms with Crippen molar-refractivity contribution in [2.75, 3.05) is 26.1 Å². The highest BCUT2D eigenvalue weighted by atomic mass is 32.2. The minimum absolute atomic E-state index is 0.178. The molecule has 0 aromatic heterocycles. The lowest BCUT2D eigenvalue weighted by Gasteiger charge is -2.19. The summed E-state index contributed by atoms with van der Waals surface area (Å²) in [6, 6.07) is 20.7. The highest BCUT2D eigenvalue weighted by Gasteiger charge is 2.22. The number of amides is 2. The third-order valence-corrected chi connectivity index (χ3v) is 6.28. The van der Waals surface area contributed by atoms with E-state index in [1.807, 2.05) is 60.7 Å². The monoisotopic (exact) mass is 460 g/mol. The van der Waals surface area contributed by atoms with Gasteiger partial charge in [-0.1, -0.05) is 48.2 Å². The zero-order valence-electron chi connectivity index (χ0n) is 18.4. The smallest absolute Gasteiger partial charge is 0.262 e. The maximum atomic E-state index is 12.6. The lowest BCUT2D eigenvalue weighted by Crippen LogP contribution is -2.26. The number of anilines is 1. The van der Waals surface area contributed by atoms with E-state index in [-0.39, 0.29) is 11.8 Å². The Morgan fingerprint density at radius 3 is 2.55 bits per heavy atom. The van der Waals surface area contributed by atoms with Crippen LogP contribution in [-0.4, -0.2) is 32.6 Å². The van der Waals surface area contributed by atoms with Crippen LogP contribution >= 0.6 is 11.8 Å². The van der Waals surface area contributed by atoms with E-state index in [1.165, 1.54) is 11.8 Å². The Bertz CT molecular complexity index is 1210. The Kier molecular flexibility index (Phi) is 7.00. The van der Waals surface area contributed by atoms with Crippen LogP contribution in [0, 0.1) is 0 Å². The van der Waals surface area contributed by atoms with Crippen LogP contribution in [0.15, 0.2) is 76.5 Å². The van der Waals surface area contributed by atoms with Crippen molar-refractivity contribution in [2.24, 2.45) is 0 Å². The quantitative estimate of drug-likeness (QED) is 0.497. The van der Waals surface area contributed by atoms with E-state index in [2.05, 4.69) is 10.6 Å². The van der Waals surface area contributed by atoms with Gasteiger partial charge in [0.15, 0.2) is 11.5 Å². The highest BCUT2D eigenvalue weighted by molar-refractivity contribution is 8.04. The van der Waals surface area contributed by atoms with Gasteiger partial charge in [0.05, 0.1) is 24.8 Å². The third-order valence-electron chi connectivity index (χ3n) is 5.18. The Balaban J connectivity index is 1.39. The normalized spacial score (nSPS) is 13.8. The Hall–Kier alpha value is -3.71. The topological polar surface area (TPSA) is 76.7 Å². The van der Waals surface area contributed by atoms with Gasteiger partial charge in [-0.25, -0.2) is 0 Å². The number of thioether (sulfide) groups is 1. The highest BCUT2D eigenvalue weighted by Crippen LogP contribution is 2.39. The molecule has 0 bridgehead atoms. The van der Waals surface area contributed by atoms with Gasteiger partial charge < -0.3 is 20.1 Å². The van der Waals surface area contributed by atoms with Crippen molar-refractivity contribution in [3.05, 3.63) is 88.3 Å². The fraction of sp³-hybridized carbons (Fsp3) is 0.154. The zero-order chi connectivity index (χ0) is 23.2. The van der Waals surface area contributed by atoms with Crippen LogP contribution in [-0.2, 0) is 11.2 Å². The predicted octanol–water partition coefficient (Wildman–Crippen LogP) is 4.76. The number of methoxy groups -OCH3 is 2. The predicted molar refractivity (Wildman–Crippen MR) is 131 cm³/mol. The molecule has 1 aliphatic rings. The molecule has 0 radical (unpaired) electrons. The Morgan fingerprint density at radius 1 is 1.00 bits per heavy atom. The molecule has 3 aromatic rings. The van der Waals surface area contributed by atoms with Crippen molar-refractivity contribution in [2.45, 2.75) is 11.3 Å². The minimum atomic E-state index is -0.192. The maximum Gasteiger partial charge on any atom is 0.262 e. The van der Waals surface area contributed by atoms with Gasteiger partial charge in [-0.2, -0.15) is 0 Å². The molecule has 3 aromatic carbocycles. The van der Waals surface area contributed by atoms with E-state index in [4.69, 9.17) is 9.47 Å². The van der Waals surface area contributed by atoms with Crippen LogP contribution < -0.4 is 20.1 Å². The summed E-state index contributed by atoms with van der Waals surface area (Å²) >= 11 is 1.40. The number of hydrogen-bond donors (Lipinski definition) is 2. The van der Waals surface area contributed by atoms with Gasteiger partial charge in [-0.15, -0.1) is 0 Å². The lowest BCUT2D eigenvalue weighted by atomic mass is 10.1. The molecule has 0 atom stereocenters. The summed E-state index contributed by atoms with van der Waals surface area (Å²) in [5.41, 5.74) is 3.13. The first-order valence-corrected chi connectivity index (χ1v) is 11.3. The van der Waals surface area contributed by atoms with Gasteiger partial charge in [0.2, 0.25) is 0 Å². The molecule has 0 spiro atoms. The number of hydrogen-bond acceptors (Lipinski definition) is 5. The molecule has 0 aliphatic carbocycles. The summed E-state index contributed by atoms with van der Waals surface area (Å²) in [6.07, 6.45) is 2.51. The van der Waals surface area contributed by atoms with E-state index >= 15 is 0 Å². The summed E-state index contributed by atoms with van der Waals surface area (Å²) in [4.78, 5) is 26.7. The van der Waals surface area contributed by atoms with Crippen LogP contribution in [0.1, 0.15) is 21.5 Å². The van der Waals surface area contributed by atoms with Crippen molar-refractivity contribution in [3.8, 4) is 11.5 Å². The molecule has 7 heteroatoms. The van der Waals surface area contributed by atoms with Crippen LogP contribution in [0.4, 0.5) is 5.69 Å². The van der Waals surface area contributed by atoms with Crippen LogP contribution in [0.3, 0.4) is 0 Å². The second kappa shape index (κ2) is 10.3. The fourth-order valence-corrected chi connectivity index (χ4v) is 4.39. The van der Waals surface area contributed by atoms with E-state index in [9.17, 15) is 9.59 Å². The molecule has 1 heterocycles. The number of fused-ring (bicyclic) bond motifs is 1. The molecule has 0 fully saturated rings. The molecule has 4 rings (SSSR count).